The molecule has 1 amide bonds. The lowest BCUT2D eigenvalue weighted by Crippen LogP contribution is -2.41. The number of H-pyrrole nitrogens is 1. The molecule has 2 aliphatic rings. The number of nitrogens with zero attached hydrogens (tertiary/aromatic N) is 1. The molecule has 9 nitrogen and oxygen atoms in total. The van der Waals surface area contributed by atoms with E-state index >= 15 is 0 Å². The van der Waals surface area contributed by atoms with Crippen molar-refractivity contribution in [2.45, 2.75) is 30.8 Å². The molecule has 0 bridgehead atoms. The Bertz CT molecular complexity index is 1430. The van der Waals surface area contributed by atoms with Crippen molar-refractivity contribution in [1.29, 1.82) is 0 Å². The monoisotopic (exact) mass is 497 g/mol. The third-order valence-corrected chi connectivity index (χ3v) is 8.24. The van der Waals surface area contributed by atoms with E-state index in [4.69, 9.17) is 9.47 Å². The van der Waals surface area contributed by atoms with E-state index in [-0.39, 0.29) is 29.5 Å². The lowest BCUT2D eigenvalue weighted by Gasteiger charge is -2.30. The van der Waals surface area contributed by atoms with E-state index in [0.29, 0.717) is 35.5 Å². The van der Waals surface area contributed by atoms with Gasteiger partial charge >= 0.3 is 0 Å². The minimum Gasteiger partial charge on any atom is -0.486 e. The van der Waals surface area contributed by atoms with Gasteiger partial charge in [-0.25, -0.2) is 8.42 Å². The molecule has 2 aromatic carbocycles. The zero-order valence-electron chi connectivity index (χ0n) is 19.3. The highest BCUT2D eigenvalue weighted by atomic mass is 32.2. The standard InChI is InChI=1S/C25H27N3O6S/c1-16-5-4-10-28(14-16)35(31,32)18-8-9-21-19(11-18)20(12-24(29)27-21)25(30)26-13-17-15-33-22-6-2-3-7-23(22)34-17/h2-3,6-9,11-12,16-17H,4-5,10,13-15H2,1H3,(H,26,30)(H,27,29)/t16-,17-/m1/s1. The van der Waals surface area contributed by atoms with Crippen LogP contribution in [0.4, 0.5) is 0 Å². The molecule has 184 valence electrons. The Labute approximate surface area is 203 Å². The number of fused-ring (bicyclic) bond motifs is 2. The van der Waals surface area contributed by atoms with Crippen LogP contribution in [0.5, 0.6) is 11.5 Å². The SMILES string of the molecule is C[C@@H]1CCCN(S(=O)(=O)c2ccc3[nH]c(=O)cc(C(=O)NC[C@@H]4COc5ccccc5O4)c3c2)C1. The van der Waals surface area contributed by atoms with E-state index in [1.165, 1.54) is 28.6 Å². The van der Waals surface area contributed by atoms with Gasteiger partial charge in [0.1, 0.15) is 12.7 Å². The lowest BCUT2D eigenvalue weighted by atomic mass is 10.0. The summed E-state index contributed by atoms with van der Waals surface area (Å²) in [5.74, 6) is 1.04. The van der Waals surface area contributed by atoms with Crippen LogP contribution in [0.3, 0.4) is 0 Å². The molecule has 0 radical (unpaired) electrons. The predicted octanol–water partition coefficient (Wildman–Crippen LogP) is 2.52. The fraction of sp³-hybridized carbons (Fsp3) is 0.360. The Morgan fingerprint density at radius 2 is 1.97 bits per heavy atom. The quantitative estimate of drug-likeness (QED) is 0.559. The maximum Gasteiger partial charge on any atom is 0.252 e. The number of sulfonamides is 1. The van der Waals surface area contributed by atoms with Gasteiger partial charge in [-0.2, -0.15) is 4.31 Å². The molecule has 2 N–H and O–H groups in total. The maximum atomic E-state index is 13.3. The highest BCUT2D eigenvalue weighted by Crippen LogP contribution is 2.31. The Kier molecular flexibility index (Phi) is 6.24. The molecule has 2 atom stereocenters. The molecule has 3 heterocycles. The largest absolute Gasteiger partial charge is 0.486 e. The molecule has 1 aromatic heterocycles. The van der Waals surface area contributed by atoms with Crippen molar-refractivity contribution in [3.05, 3.63) is 64.4 Å². The Hall–Kier alpha value is -3.37. The van der Waals surface area contributed by atoms with E-state index in [9.17, 15) is 18.0 Å². The summed E-state index contributed by atoms with van der Waals surface area (Å²) in [5.41, 5.74) is 0.0408. The predicted molar refractivity (Wildman–Crippen MR) is 130 cm³/mol. The molecule has 2 aliphatic heterocycles. The summed E-state index contributed by atoms with van der Waals surface area (Å²) < 4.78 is 39.6. The second kappa shape index (κ2) is 9.35. The Morgan fingerprint density at radius 1 is 1.17 bits per heavy atom. The van der Waals surface area contributed by atoms with Gasteiger partial charge in [0.2, 0.25) is 15.6 Å². The van der Waals surface area contributed by atoms with E-state index < -0.39 is 27.6 Å². The number of hydrogen-bond donors (Lipinski definition) is 2. The van der Waals surface area contributed by atoms with Crippen molar-refractivity contribution in [1.82, 2.24) is 14.6 Å². The fourth-order valence-corrected chi connectivity index (χ4v) is 6.19. The summed E-state index contributed by atoms with van der Waals surface area (Å²) >= 11 is 0. The zero-order valence-corrected chi connectivity index (χ0v) is 20.1. The van der Waals surface area contributed by atoms with Crippen molar-refractivity contribution in [2.75, 3.05) is 26.2 Å². The molecule has 5 rings (SSSR count). The highest BCUT2D eigenvalue weighted by molar-refractivity contribution is 7.89. The van der Waals surface area contributed by atoms with Crippen molar-refractivity contribution >= 4 is 26.8 Å². The summed E-state index contributed by atoms with van der Waals surface area (Å²) in [6, 6.07) is 12.9. The molecule has 3 aromatic rings. The van der Waals surface area contributed by atoms with Crippen LogP contribution in [0, 0.1) is 5.92 Å². The minimum absolute atomic E-state index is 0.0980. The summed E-state index contributed by atoms with van der Waals surface area (Å²) in [7, 11) is -3.72. The van der Waals surface area contributed by atoms with Gasteiger partial charge in [0, 0.05) is 30.1 Å². The van der Waals surface area contributed by atoms with Gasteiger partial charge < -0.3 is 19.8 Å². The second-order valence-electron chi connectivity index (χ2n) is 9.07. The van der Waals surface area contributed by atoms with Crippen LogP contribution in [0.2, 0.25) is 0 Å². The summed E-state index contributed by atoms with van der Waals surface area (Å²) in [5, 5.41) is 3.15. The molecule has 0 aliphatic carbocycles. The van der Waals surface area contributed by atoms with Gasteiger partial charge in [0.15, 0.2) is 11.5 Å². The molecular formula is C25H27N3O6S. The number of aromatic amines is 1. The maximum absolute atomic E-state index is 13.3. The first-order valence-electron chi connectivity index (χ1n) is 11.6. The first-order chi connectivity index (χ1) is 16.8. The van der Waals surface area contributed by atoms with Crippen LogP contribution in [0.15, 0.2) is 58.2 Å². The van der Waals surface area contributed by atoms with Gasteiger partial charge in [-0.1, -0.05) is 19.1 Å². The van der Waals surface area contributed by atoms with Gasteiger partial charge in [0.25, 0.3) is 5.91 Å². The normalized spacial score (nSPS) is 20.5. The van der Waals surface area contributed by atoms with Crippen molar-refractivity contribution in [3.63, 3.8) is 0 Å². The first-order valence-corrected chi connectivity index (χ1v) is 13.1. The zero-order chi connectivity index (χ0) is 24.6. The van der Waals surface area contributed by atoms with Crippen LogP contribution in [-0.4, -0.2) is 56.0 Å². The number of para-hydroxylation sites is 2. The average molecular weight is 498 g/mol. The topological polar surface area (TPSA) is 118 Å². The number of hydrogen-bond acceptors (Lipinski definition) is 6. The number of rotatable bonds is 5. The number of benzene rings is 2. The highest BCUT2D eigenvalue weighted by Gasteiger charge is 2.29. The molecule has 1 saturated heterocycles. The van der Waals surface area contributed by atoms with Crippen LogP contribution in [0.1, 0.15) is 30.1 Å². The number of pyridine rings is 1. The number of carbonyl (C=O) groups excluding carboxylic acids is 1. The number of carbonyl (C=O) groups is 1. The second-order valence-corrected chi connectivity index (χ2v) is 11.0. The lowest BCUT2D eigenvalue weighted by molar-refractivity contribution is 0.0790. The molecular weight excluding hydrogens is 470 g/mol. The molecule has 35 heavy (non-hydrogen) atoms. The molecule has 10 heteroatoms. The number of aromatic nitrogens is 1. The smallest absolute Gasteiger partial charge is 0.252 e. The van der Waals surface area contributed by atoms with Crippen LogP contribution >= 0.6 is 0 Å². The van der Waals surface area contributed by atoms with E-state index in [1.54, 1.807) is 6.07 Å². The van der Waals surface area contributed by atoms with Crippen molar-refractivity contribution in [3.8, 4) is 11.5 Å². The Morgan fingerprint density at radius 3 is 2.77 bits per heavy atom. The van der Waals surface area contributed by atoms with Crippen molar-refractivity contribution < 1.29 is 22.7 Å². The summed E-state index contributed by atoms with van der Waals surface area (Å²) in [6.07, 6.45) is 1.40. The molecule has 0 saturated carbocycles. The number of piperidine rings is 1. The summed E-state index contributed by atoms with van der Waals surface area (Å²) in [6.45, 7) is 3.40. The van der Waals surface area contributed by atoms with Gasteiger partial charge in [-0.3, -0.25) is 9.59 Å². The third kappa shape index (κ3) is 4.76. The van der Waals surface area contributed by atoms with Crippen LogP contribution in [0.25, 0.3) is 10.9 Å². The van der Waals surface area contributed by atoms with Gasteiger partial charge in [-0.15, -0.1) is 0 Å². The first kappa shape index (κ1) is 23.4. The van der Waals surface area contributed by atoms with Crippen LogP contribution in [-0.2, 0) is 10.0 Å². The average Bonchev–Trinajstić information content (AvgIpc) is 2.86. The number of ether oxygens (including phenoxy) is 2. The van der Waals surface area contributed by atoms with Gasteiger partial charge in [-0.05, 0) is 49.1 Å². The van der Waals surface area contributed by atoms with E-state index in [2.05, 4.69) is 10.3 Å². The number of nitrogens with one attached hydrogen (secondary N) is 2. The van der Waals surface area contributed by atoms with Crippen LogP contribution < -0.4 is 20.3 Å². The minimum atomic E-state index is -3.72. The molecule has 0 unspecified atom stereocenters. The Balaban J connectivity index is 1.39. The number of amides is 1. The summed E-state index contributed by atoms with van der Waals surface area (Å²) in [4.78, 5) is 28.1. The molecule has 0 spiro atoms. The van der Waals surface area contributed by atoms with Gasteiger partial charge in [0.05, 0.1) is 17.0 Å². The third-order valence-electron chi connectivity index (χ3n) is 6.37. The van der Waals surface area contributed by atoms with E-state index in [0.717, 1.165) is 12.8 Å². The molecule has 1 fully saturated rings. The van der Waals surface area contributed by atoms with Crippen molar-refractivity contribution in [2.24, 2.45) is 5.92 Å². The van der Waals surface area contributed by atoms with E-state index in [1.807, 2.05) is 25.1 Å². The fourth-order valence-electron chi connectivity index (χ4n) is 4.56.